The van der Waals surface area contributed by atoms with E-state index < -0.39 is 0 Å². The molecule has 1 aliphatic rings. The molecule has 1 heterocycles. The standard InChI is InChI=1S/C4H7NO2/c1-3-5-4(6)2-7-3/h3H,2H2,1H3,(H,5,6). The molecule has 0 aromatic heterocycles. The molecule has 3 nitrogen and oxygen atoms in total. The Morgan fingerprint density at radius 1 is 2.00 bits per heavy atom. The van der Waals surface area contributed by atoms with Gasteiger partial charge in [0.2, 0.25) is 5.91 Å². The summed E-state index contributed by atoms with van der Waals surface area (Å²) in [6.07, 6.45) is -0.0764. The Balaban J connectivity index is 2.40. The smallest absolute Gasteiger partial charge is 0.248 e. The van der Waals surface area contributed by atoms with Crippen molar-refractivity contribution in [1.29, 1.82) is 0 Å². The van der Waals surface area contributed by atoms with Gasteiger partial charge in [0, 0.05) is 0 Å². The van der Waals surface area contributed by atoms with Crippen LogP contribution in [0.5, 0.6) is 0 Å². The van der Waals surface area contributed by atoms with Crippen molar-refractivity contribution >= 4 is 5.91 Å². The van der Waals surface area contributed by atoms with Crippen molar-refractivity contribution in [3.63, 3.8) is 0 Å². The Morgan fingerprint density at radius 2 is 2.71 bits per heavy atom. The van der Waals surface area contributed by atoms with Crippen LogP contribution in [0.3, 0.4) is 0 Å². The van der Waals surface area contributed by atoms with Gasteiger partial charge in [-0.05, 0) is 6.92 Å². The molecule has 1 saturated heterocycles. The van der Waals surface area contributed by atoms with E-state index in [4.69, 9.17) is 4.74 Å². The minimum Gasteiger partial charge on any atom is -0.349 e. The molecule has 0 aromatic rings. The van der Waals surface area contributed by atoms with E-state index in [1.165, 1.54) is 0 Å². The van der Waals surface area contributed by atoms with E-state index in [0.717, 1.165) is 0 Å². The Bertz CT molecular complexity index is 91.7. The number of nitrogens with one attached hydrogen (secondary N) is 1. The second kappa shape index (κ2) is 1.50. The van der Waals surface area contributed by atoms with Crippen LogP contribution in [0, 0.1) is 0 Å². The number of hydrogen-bond donors (Lipinski definition) is 1. The van der Waals surface area contributed by atoms with Crippen LogP contribution in [-0.4, -0.2) is 18.7 Å². The summed E-state index contributed by atoms with van der Waals surface area (Å²) in [6, 6.07) is 0. The van der Waals surface area contributed by atoms with Crippen LogP contribution in [0.2, 0.25) is 0 Å². The maximum Gasteiger partial charge on any atom is 0.248 e. The number of carbonyl (C=O) groups excluding carboxylic acids is 1. The molecule has 0 spiro atoms. The Labute approximate surface area is 41.7 Å². The first-order valence-corrected chi connectivity index (χ1v) is 2.20. The molecule has 1 amide bonds. The van der Waals surface area contributed by atoms with Crippen molar-refractivity contribution in [3.8, 4) is 0 Å². The van der Waals surface area contributed by atoms with Crippen LogP contribution < -0.4 is 5.32 Å². The molecule has 1 fully saturated rings. The topological polar surface area (TPSA) is 38.3 Å². The van der Waals surface area contributed by atoms with Gasteiger partial charge in [0.05, 0.1) is 0 Å². The van der Waals surface area contributed by atoms with Gasteiger partial charge in [0.1, 0.15) is 12.8 Å². The molecular formula is C4H7NO2. The molecule has 0 bridgehead atoms. The summed E-state index contributed by atoms with van der Waals surface area (Å²) in [5.41, 5.74) is 0. The predicted octanol–water partition coefficient (Wildman–Crippen LogP) is -0.521. The number of rotatable bonds is 0. The summed E-state index contributed by atoms with van der Waals surface area (Å²) in [7, 11) is 0. The zero-order valence-corrected chi connectivity index (χ0v) is 4.10. The fraction of sp³-hybridized carbons (Fsp3) is 0.750. The first-order valence-electron chi connectivity index (χ1n) is 2.20. The third-order valence-electron chi connectivity index (χ3n) is 0.829. The highest BCUT2D eigenvalue weighted by Gasteiger charge is 2.14. The lowest BCUT2D eigenvalue weighted by atomic mass is 10.6. The van der Waals surface area contributed by atoms with Crippen LogP contribution in [0.4, 0.5) is 0 Å². The summed E-state index contributed by atoms with van der Waals surface area (Å²) >= 11 is 0. The number of carbonyl (C=O) groups is 1. The quantitative estimate of drug-likeness (QED) is 0.446. The van der Waals surface area contributed by atoms with Gasteiger partial charge in [-0.2, -0.15) is 0 Å². The highest BCUT2D eigenvalue weighted by atomic mass is 16.5. The summed E-state index contributed by atoms with van der Waals surface area (Å²) in [5, 5.41) is 2.56. The number of amides is 1. The zero-order chi connectivity index (χ0) is 5.28. The average molecular weight is 101 g/mol. The van der Waals surface area contributed by atoms with Crippen molar-refractivity contribution in [3.05, 3.63) is 0 Å². The van der Waals surface area contributed by atoms with Gasteiger partial charge >= 0.3 is 0 Å². The molecule has 0 aromatic carbocycles. The third kappa shape index (κ3) is 0.899. The van der Waals surface area contributed by atoms with E-state index in [0.29, 0.717) is 0 Å². The molecule has 0 aliphatic carbocycles. The second-order valence-electron chi connectivity index (χ2n) is 1.52. The van der Waals surface area contributed by atoms with Gasteiger partial charge in [-0.15, -0.1) is 0 Å². The minimum absolute atomic E-state index is 0.0208. The first-order chi connectivity index (χ1) is 3.29. The van der Waals surface area contributed by atoms with E-state index in [1.54, 1.807) is 6.92 Å². The van der Waals surface area contributed by atoms with Crippen LogP contribution >= 0.6 is 0 Å². The Morgan fingerprint density at radius 3 is 2.86 bits per heavy atom. The van der Waals surface area contributed by atoms with Crippen molar-refractivity contribution in [2.45, 2.75) is 13.2 Å². The van der Waals surface area contributed by atoms with Gasteiger partial charge < -0.3 is 10.1 Å². The van der Waals surface area contributed by atoms with Crippen LogP contribution in [0.25, 0.3) is 0 Å². The van der Waals surface area contributed by atoms with Crippen molar-refractivity contribution in [2.24, 2.45) is 0 Å². The SMILES string of the molecule is CC1NC(=O)CO1. The molecule has 40 valence electrons. The lowest BCUT2D eigenvalue weighted by Gasteiger charge is -1.95. The van der Waals surface area contributed by atoms with E-state index in [1.807, 2.05) is 0 Å². The number of hydrogen-bond acceptors (Lipinski definition) is 2. The lowest BCUT2D eigenvalue weighted by Crippen LogP contribution is -2.22. The fourth-order valence-corrected chi connectivity index (χ4v) is 0.511. The van der Waals surface area contributed by atoms with E-state index in [9.17, 15) is 4.79 Å². The average Bonchev–Trinajstić information content (AvgIpc) is 1.87. The van der Waals surface area contributed by atoms with E-state index in [2.05, 4.69) is 5.32 Å². The van der Waals surface area contributed by atoms with Crippen molar-refractivity contribution < 1.29 is 9.53 Å². The summed E-state index contributed by atoms with van der Waals surface area (Å²) in [4.78, 5) is 10.2. The molecule has 3 heteroatoms. The third-order valence-corrected chi connectivity index (χ3v) is 0.829. The molecule has 1 aliphatic heterocycles. The molecular weight excluding hydrogens is 94.0 g/mol. The summed E-state index contributed by atoms with van der Waals surface area (Å²) in [6.45, 7) is 2.02. The molecule has 1 atom stereocenters. The van der Waals surface area contributed by atoms with Crippen molar-refractivity contribution in [2.75, 3.05) is 6.61 Å². The molecule has 1 rings (SSSR count). The molecule has 0 saturated carbocycles. The maximum absolute atomic E-state index is 10.2. The summed E-state index contributed by atoms with van der Waals surface area (Å²) in [5.74, 6) is -0.0208. The van der Waals surface area contributed by atoms with E-state index in [-0.39, 0.29) is 18.7 Å². The normalized spacial score (nSPS) is 30.4. The highest BCUT2D eigenvalue weighted by Crippen LogP contribution is 1.92. The van der Waals surface area contributed by atoms with Crippen LogP contribution in [0.15, 0.2) is 0 Å². The Kier molecular flexibility index (Phi) is 0.982. The van der Waals surface area contributed by atoms with Gasteiger partial charge in [0.15, 0.2) is 0 Å². The minimum atomic E-state index is -0.0764. The predicted molar refractivity (Wildman–Crippen MR) is 23.6 cm³/mol. The maximum atomic E-state index is 10.2. The number of ether oxygens (including phenoxy) is 1. The zero-order valence-electron chi connectivity index (χ0n) is 4.10. The van der Waals surface area contributed by atoms with Crippen LogP contribution in [0.1, 0.15) is 6.92 Å². The lowest BCUT2D eigenvalue weighted by molar-refractivity contribution is -0.119. The van der Waals surface area contributed by atoms with Gasteiger partial charge in [-0.3, -0.25) is 4.79 Å². The molecule has 1 N–H and O–H groups in total. The van der Waals surface area contributed by atoms with Gasteiger partial charge in [0.25, 0.3) is 0 Å². The molecule has 7 heavy (non-hydrogen) atoms. The van der Waals surface area contributed by atoms with Gasteiger partial charge in [-0.1, -0.05) is 0 Å². The largest absolute Gasteiger partial charge is 0.349 e. The monoisotopic (exact) mass is 101 g/mol. The van der Waals surface area contributed by atoms with E-state index >= 15 is 0 Å². The second-order valence-corrected chi connectivity index (χ2v) is 1.52. The molecule has 0 radical (unpaired) electrons. The van der Waals surface area contributed by atoms with Gasteiger partial charge in [-0.25, -0.2) is 0 Å². The Hall–Kier alpha value is -0.570. The fourth-order valence-electron chi connectivity index (χ4n) is 0.511. The van der Waals surface area contributed by atoms with Crippen LogP contribution in [-0.2, 0) is 9.53 Å². The summed E-state index contributed by atoms with van der Waals surface area (Å²) < 4.78 is 4.80. The highest BCUT2D eigenvalue weighted by molar-refractivity contribution is 5.78. The first kappa shape index (κ1) is 4.59. The van der Waals surface area contributed by atoms with Crippen molar-refractivity contribution in [1.82, 2.24) is 5.32 Å². The molecule has 1 unspecified atom stereocenters.